The van der Waals surface area contributed by atoms with E-state index >= 15 is 0 Å². The maximum absolute atomic E-state index is 11.6. The van der Waals surface area contributed by atoms with Crippen LogP contribution in [0.2, 0.25) is 0 Å². The van der Waals surface area contributed by atoms with Crippen molar-refractivity contribution < 1.29 is 23.4 Å². The number of nitrogens with two attached hydrogens (primary N) is 1. The van der Waals surface area contributed by atoms with Crippen molar-refractivity contribution in [1.29, 1.82) is 0 Å². The largest absolute Gasteiger partial charge is 0.490 e. The maximum atomic E-state index is 11.6. The molecule has 0 amide bonds. The Morgan fingerprint density at radius 3 is 2.74 bits per heavy atom. The molecule has 3 N–H and O–H groups in total. The van der Waals surface area contributed by atoms with Crippen molar-refractivity contribution >= 4 is 41.6 Å². The summed E-state index contributed by atoms with van der Waals surface area (Å²) in [7, 11) is 1.32. The van der Waals surface area contributed by atoms with Crippen LogP contribution in [0.15, 0.2) is 33.7 Å². The number of carbonyl (C=O) groups is 1. The molecule has 9 heteroatoms. The fourth-order valence-corrected chi connectivity index (χ4v) is 2.53. The number of anilines is 1. The molecule has 1 aliphatic rings. The summed E-state index contributed by atoms with van der Waals surface area (Å²) in [4.78, 5) is 15.8. The van der Waals surface area contributed by atoms with Crippen LogP contribution in [0.1, 0.15) is 28.3 Å². The van der Waals surface area contributed by atoms with Gasteiger partial charge in [-0.2, -0.15) is 0 Å². The van der Waals surface area contributed by atoms with E-state index in [1.807, 2.05) is 18.2 Å². The lowest BCUT2D eigenvalue weighted by Gasteiger charge is -2.10. The van der Waals surface area contributed by atoms with Gasteiger partial charge in [-0.15, -0.1) is 24.0 Å². The Kier molecular flexibility index (Phi) is 7.34. The number of fused-ring (bicyclic) bond motifs is 1. The van der Waals surface area contributed by atoms with Crippen LogP contribution in [0.5, 0.6) is 11.5 Å². The number of benzene rings is 1. The number of esters is 1. The highest BCUT2D eigenvalue weighted by Crippen LogP contribution is 2.32. The van der Waals surface area contributed by atoms with E-state index in [9.17, 15) is 4.79 Å². The van der Waals surface area contributed by atoms with Crippen LogP contribution in [0.4, 0.5) is 5.69 Å². The zero-order chi connectivity index (χ0) is 18.5. The number of halogens is 1. The lowest BCUT2D eigenvalue weighted by Crippen LogP contribution is -2.22. The average Bonchev–Trinajstić information content (AvgIpc) is 2.85. The molecule has 1 aromatic heterocycles. The quantitative estimate of drug-likeness (QED) is 0.295. The highest BCUT2D eigenvalue weighted by atomic mass is 127. The Bertz CT molecular complexity index is 834. The predicted molar refractivity (Wildman–Crippen MR) is 111 cm³/mol. The molecule has 8 nitrogen and oxygen atoms in total. The van der Waals surface area contributed by atoms with Crippen molar-refractivity contribution in [2.75, 3.05) is 25.6 Å². The number of ether oxygens (including phenoxy) is 3. The minimum Gasteiger partial charge on any atom is -0.490 e. The van der Waals surface area contributed by atoms with Gasteiger partial charge in [0.2, 0.25) is 0 Å². The number of methoxy groups -OCH3 is 1. The molecular weight excluding hydrogens is 465 g/mol. The zero-order valence-corrected chi connectivity index (χ0v) is 17.4. The van der Waals surface area contributed by atoms with Crippen LogP contribution in [0.3, 0.4) is 0 Å². The molecule has 1 aromatic carbocycles. The second kappa shape index (κ2) is 9.49. The molecule has 0 aliphatic carbocycles. The molecule has 3 rings (SSSR count). The molecule has 0 radical (unpaired) electrons. The van der Waals surface area contributed by atoms with Crippen molar-refractivity contribution in [3.8, 4) is 11.5 Å². The monoisotopic (exact) mass is 487 g/mol. The van der Waals surface area contributed by atoms with Gasteiger partial charge in [0.1, 0.15) is 23.6 Å². The van der Waals surface area contributed by atoms with E-state index in [2.05, 4.69) is 10.3 Å². The van der Waals surface area contributed by atoms with Gasteiger partial charge in [0.15, 0.2) is 17.5 Å². The van der Waals surface area contributed by atoms with Crippen molar-refractivity contribution in [3.63, 3.8) is 0 Å². The van der Waals surface area contributed by atoms with Gasteiger partial charge in [0.25, 0.3) is 0 Å². The number of rotatable bonds is 4. The first-order chi connectivity index (χ1) is 12.6. The summed E-state index contributed by atoms with van der Waals surface area (Å²) in [5.74, 6) is 2.16. The number of furan rings is 1. The molecule has 1 aliphatic heterocycles. The molecular formula is C18H22IN3O5. The van der Waals surface area contributed by atoms with E-state index in [1.165, 1.54) is 7.11 Å². The van der Waals surface area contributed by atoms with Gasteiger partial charge < -0.3 is 29.7 Å². The molecule has 0 unspecified atom stereocenters. The van der Waals surface area contributed by atoms with Crippen LogP contribution >= 0.6 is 24.0 Å². The normalized spacial score (nSPS) is 13.3. The third-order valence-corrected chi connectivity index (χ3v) is 3.80. The molecule has 0 spiro atoms. The van der Waals surface area contributed by atoms with E-state index in [0.29, 0.717) is 41.8 Å². The lowest BCUT2D eigenvalue weighted by molar-refractivity contribution is 0.0599. The van der Waals surface area contributed by atoms with Crippen LogP contribution in [-0.2, 0) is 11.3 Å². The number of carbonyl (C=O) groups excluding carboxylic acids is 1. The van der Waals surface area contributed by atoms with Crippen LogP contribution in [0, 0.1) is 6.92 Å². The molecule has 27 heavy (non-hydrogen) atoms. The van der Waals surface area contributed by atoms with Crippen molar-refractivity contribution in [1.82, 2.24) is 0 Å². The fraction of sp³-hybridized carbons (Fsp3) is 0.333. The number of aryl methyl sites for hydroxylation is 1. The Balaban J connectivity index is 0.00000261. The second-order valence-electron chi connectivity index (χ2n) is 5.71. The van der Waals surface area contributed by atoms with Gasteiger partial charge in [-0.3, -0.25) is 0 Å². The molecule has 0 atom stereocenters. The Morgan fingerprint density at radius 1 is 1.26 bits per heavy atom. The number of guanidine groups is 1. The summed E-state index contributed by atoms with van der Waals surface area (Å²) in [6.07, 6.45) is 0.844. The smallest absolute Gasteiger partial charge is 0.341 e. The van der Waals surface area contributed by atoms with Gasteiger partial charge in [0.05, 0.1) is 20.3 Å². The SMILES string of the molecule is COC(=O)c1cc(CN=C(N)Nc2ccc3c(c2)OCCCO3)oc1C.I. The summed E-state index contributed by atoms with van der Waals surface area (Å²) < 4.78 is 21.4. The van der Waals surface area contributed by atoms with Crippen molar-refractivity contribution in [2.45, 2.75) is 19.9 Å². The minimum atomic E-state index is -0.445. The molecule has 0 fully saturated rings. The maximum Gasteiger partial charge on any atom is 0.341 e. The fourth-order valence-electron chi connectivity index (χ4n) is 2.53. The third-order valence-electron chi connectivity index (χ3n) is 3.80. The number of nitrogens with one attached hydrogen (secondary N) is 1. The second-order valence-corrected chi connectivity index (χ2v) is 5.71. The minimum absolute atomic E-state index is 0. The third kappa shape index (κ3) is 5.28. The van der Waals surface area contributed by atoms with Crippen molar-refractivity contribution in [2.24, 2.45) is 10.7 Å². The molecule has 2 heterocycles. The molecule has 0 saturated heterocycles. The van der Waals surface area contributed by atoms with E-state index in [4.69, 9.17) is 24.4 Å². The van der Waals surface area contributed by atoms with E-state index < -0.39 is 5.97 Å². The van der Waals surface area contributed by atoms with E-state index in [-0.39, 0.29) is 36.5 Å². The Hall–Kier alpha value is -2.43. The molecule has 2 aromatic rings. The average molecular weight is 487 g/mol. The first-order valence-electron chi connectivity index (χ1n) is 8.21. The van der Waals surface area contributed by atoms with E-state index in [0.717, 1.165) is 12.1 Å². The standard InChI is InChI=1S/C18H21N3O5.HI/c1-11-14(17(22)23-2)9-13(26-11)10-20-18(19)21-12-4-5-15-16(8-12)25-7-3-6-24-15;/h4-5,8-9H,3,6-7,10H2,1-2H3,(H3,19,20,21);1H. The number of hydrogen-bond acceptors (Lipinski definition) is 6. The number of nitrogens with zero attached hydrogens (tertiary/aromatic N) is 1. The number of aliphatic imine (C=N–C) groups is 1. The summed E-state index contributed by atoms with van der Waals surface area (Å²) in [5, 5.41) is 3.00. The van der Waals surface area contributed by atoms with Gasteiger partial charge in [-0.25, -0.2) is 9.79 Å². The Labute approximate surface area is 174 Å². The summed E-state index contributed by atoms with van der Waals surface area (Å²) >= 11 is 0. The van der Waals surface area contributed by atoms with Gasteiger partial charge >= 0.3 is 5.97 Å². The first-order valence-corrected chi connectivity index (χ1v) is 8.21. The van der Waals surface area contributed by atoms with Gasteiger partial charge in [-0.05, 0) is 25.1 Å². The van der Waals surface area contributed by atoms with Crippen LogP contribution in [0.25, 0.3) is 0 Å². The highest BCUT2D eigenvalue weighted by Gasteiger charge is 2.15. The Morgan fingerprint density at radius 2 is 2.00 bits per heavy atom. The van der Waals surface area contributed by atoms with Gasteiger partial charge in [0, 0.05) is 18.2 Å². The molecule has 146 valence electrons. The first kappa shape index (κ1) is 20.9. The predicted octanol–water partition coefficient (Wildman–Crippen LogP) is 3.08. The van der Waals surface area contributed by atoms with E-state index in [1.54, 1.807) is 13.0 Å². The highest BCUT2D eigenvalue weighted by molar-refractivity contribution is 14.0. The topological polar surface area (TPSA) is 108 Å². The van der Waals surface area contributed by atoms with Gasteiger partial charge in [-0.1, -0.05) is 0 Å². The molecule has 0 bridgehead atoms. The zero-order valence-electron chi connectivity index (χ0n) is 15.1. The number of hydrogen-bond donors (Lipinski definition) is 2. The van der Waals surface area contributed by atoms with Crippen LogP contribution < -0.4 is 20.5 Å². The lowest BCUT2D eigenvalue weighted by atomic mass is 10.2. The summed E-state index contributed by atoms with van der Waals surface area (Å²) in [5.41, 5.74) is 7.04. The summed E-state index contributed by atoms with van der Waals surface area (Å²) in [6, 6.07) is 7.08. The van der Waals surface area contributed by atoms with Crippen LogP contribution in [-0.4, -0.2) is 32.3 Å². The van der Waals surface area contributed by atoms with Crippen molar-refractivity contribution in [3.05, 3.63) is 41.3 Å². The summed E-state index contributed by atoms with van der Waals surface area (Å²) in [6.45, 7) is 3.14. The molecule has 0 saturated carbocycles.